The molecule has 0 spiro atoms. The molecule has 0 radical (unpaired) electrons. The molecule has 1 fully saturated rings. The highest BCUT2D eigenvalue weighted by Crippen LogP contribution is 2.46. The maximum Gasteiger partial charge on any atom is 0.534 e. The molecule has 4 nitrogen and oxygen atoms in total. The smallest absolute Gasteiger partial charge is 0.381 e. The van der Waals surface area contributed by atoms with Crippen molar-refractivity contribution in [1.82, 2.24) is 0 Å². The van der Waals surface area contributed by atoms with E-state index >= 15 is 0 Å². The van der Waals surface area contributed by atoms with Crippen LogP contribution in [0.25, 0.3) is 0 Å². The van der Waals surface area contributed by atoms with Gasteiger partial charge < -0.3 is 8.92 Å². The van der Waals surface area contributed by atoms with Gasteiger partial charge in [-0.3, -0.25) is 0 Å². The molecular formula is C19H17F3O4S. The maximum absolute atomic E-state index is 12.7. The molecule has 0 saturated carbocycles. The van der Waals surface area contributed by atoms with Gasteiger partial charge >= 0.3 is 15.6 Å². The average molecular weight is 398 g/mol. The van der Waals surface area contributed by atoms with E-state index in [4.69, 9.17) is 4.74 Å². The van der Waals surface area contributed by atoms with Crippen LogP contribution in [0.3, 0.4) is 0 Å². The van der Waals surface area contributed by atoms with Crippen molar-refractivity contribution in [1.29, 1.82) is 0 Å². The molecule has 2 aromatic rings. The van der Waals surface area contributed by atoms with E-state index in [-0.39, 0.29) is 12.2 Å². The van der Waals surface area contributed by atoms with Gasteiger partial charge in [0.25, 0.3) is 0 Å². The molecule has 0 aliphatic carbocycles. The van der Waals surface area contributed by atoms with E-state index in [1.54, 1.807) is 30.3 Å². The van der Waals surface area contributed by atoms with Crippen molar-refractivity contribution in [3.8, 4) is 0 Å². The molecule has 0 amide bonds. The third-order valence-electron chi connectivity index (χ3n) is 4.27. The molecule has 1 aliphatic rings. The van der Waals surface area contributed by atoms with Gasteiger partial charge in [0, 0.05) is 12.0 Å². The van der Waals surface area contributed by atoms with Gasteiger partial charge in [0.15, 0.2) is 0 Å². The van der Waals surface area contributed by atoms with Gasteiger partial charge in [-0.05, 0) is 18.1 Å². The van der Waals surface area contributed by atoms with Crippen LogP contribution >= 0.6 is 0 Å². The highest BCUT2D eigenvalue weighted by atomic mass is 32.2. The zero-order valence-corrected chi connectivity index (χ0v) is 15.1. The molecule has 8 heteroatoms. The predicted octanol–water partition coefficient (Wildman–Crippen LogP) is 5.03. The topological polar surface area (TPSA) is 52.6 Å². The molecule has 1 heterocycles. The van der Waals surface area contributed by atoms with Crippen molar-refractivity contribution in [3.63, 3.8) is 0 Å². The molecule has 0 bridgehead atoms. The second-order valence-corrected chi connectivity index (χ2v) is 7.63. The van der Waals surface area contributed by atoms with Crippen molar-refractivity contribution in [2.24, 2.45) is 0 Å². The number of benzene rings is 2. The third kappa shape index (κ3) is 4.17. The van der Waals surface area contributed by atoms with Crippen LogP contribution in [0.4, 0.5) is 13.2 Å². The van der Waals surface area contributed by atoms with E-state index in [2.05, 4.69) is 4.18 Å². The Kier molecular flexibility index (Phi) is 5.30. The van der Waals surface area contributed by atoms with E-state index in [1.807, 2.05) is 30.3 Å². The fourth-order valence-electron chi connectivity index (χ4n) is 2.97. The summed E-state index contributed by atoms with van der Waals surface area (Å²) in [6.45, 7) is 1.21. The molecule has 3 rings (SSSR count). The van der Waals surface area contributed by atoms with Crippen LogP contribution in [-0.4, -0.2) is 13.9 Å². The number of alkyl halides is 3. The minimum Gasteiger partial charge on any atom is -0.381 e. The molecule has 1 saturated heterocycles. The van der Waals surface area contributed by atoms with Crippen LogP contribution in [0.1, 0.15) is 36.7 Å². The molecule has 144 valence electrons. The fourth-order valence-corrected chi connectivity index (χ4v) is 3.50. The molecule has 0 N–H and O–H groups in total. The number of ether oxygens (including phenoxy) is 1. The van der Waals surface area contributed by atoms with Gasteiger partial charge in [-0.25, -0.2) is 0 Å². The van der Waals surface area contributed by atoms with Gasteiger partial charge in [-0.2, -0.15) is 21.6 Å². The van der Waals surface area contributed by atoms with E-state index in [1.165, 1.54) is 6.92 Å². The second kappa shape index (κ2) is 7.36. The number of allylic oxidation sites excluding steroid dienone is 1. The minimum absolute atomic E-state index is 0.225. The Morgan fingerprint density at radius 3 is 2.04 bits per heavy atom. The van der Waals surface area contributed by atoms with Crippen LogP contribution < -0.4 is 0 Å². The Balaban J connectivity index is 1.99. The lowest BCUT2D eigenvalue weighted by atomic mass is 9.97. The monoisotopic (exact) mass is 398 g/mol. The molecule has 2 atom stereocenters. The molecule has 2 aromatic carbocycles. The summed E-state index contributed by atoms with van der Waals surface area (Å²) in [7, 11) is -5.74. The first-order valence-electron chi connectivity index (χ1n) is 8.15. The van der Waals surface area contributed by atoms with E-state index in [0.29, 0.717) is 11.1 Å². The summed E-state index contributed by atoms with van der Waals surface area (Å²) in [6, 6.07) is 18.1. The summed E-state index contributed by atoms with van der Waals surface area (Å²) < 4.78 is 71.2. The minimum atomic E-state index is -5.74. The first-order valence-corrected chi connectivity index (χ1v) is 9.55. The highest BCUT2D eigenvalue weighted by molar-refractivity contribution is 7.87. The quantitative estimate of drug-likeness (QED) is 0.412. The van der Waals surface area contributed by atoms with Gasteiger partial charge in [-0.1, -0.05) is 60.7 Å². The number of rotatable bonds is 4. The Hall–Kier alpha value is -2.32. The molecular weight excluding hydrogens is 381 g/mol. The van der Waals surface area contributed by atoms with Crippen molar-refractivity contribution in [3.05, 3.63) is 83.1 Å². The average Bonchev–Trinajstić information content (AvgIpc) is 3.07. The number of hydrogen-bond donors (Lipinski definition) is 0. The maximum atomic E-state index is 12.7. The van der Waals surface area contributed by atoms with Crippen LogP contribution in [-0.2, 0) is 19.0 Å². The number of halogens is 3. The van der Waals surface area contributed by atoms with Gasteiger partial charge in [0.05, 0.1) is 6.10 Å². The zero-order chi connectivity index (χ0) is 19.7. The summed E-state index contributed by atoms with van der Waals surface area (Å²) in [6.07, 6.45) is -0.888. The lowest BCUT2D eigenvalue weighted by molar-refractivity contribution is -0.0522. The lowest BCUT2D eigenvalue weighted by Gasteiger charge is -2.16. The van der Waals surface area contributed by atoms with Crippen LogP contribution in [0, 0.1) is 0 Å². The Labute approximate surface area is 155 Å². The predicted molar refractivity (Wildman–Crippen MR) is 92.8 cm³/mol. The van der Waals surface area contributed by atoms with Gasteiger partial charge in [0.1, 0.15) is 11.9 Å². The van der Waals surface area contributed by atoms with Crippen molar-refractivity contribution in [2.75, 3.05) is 0 Å². The summed E-state index contributed by atoms with van der Waals surface area (Å²) in [5.74, 6) is -0.320. The van der Waals surface area contributed by atoms with E-state index in [0.717, 1.165) is 5.56 Å². The first-order chi connectivity index (χ1) is 12.7. The molecule has 27 heavy (non-hydrogen) atoms. The Bertz CT molecular complexity index is 922. The standard InChI is InChI=1S/C19H17F3O4S/c1-13(26-27(23,24)19(20,21)22)16-12-17(14-8-4-2-5-9-14)25-18(16)15-10-6-3-7-11-15/h2-11,17-18H,12H2,1H3/t17-,18-/m0/s1. The Morgan fingerprint density at radius 2 is 1.52 bits per heavy atom. The van der Waals surface area contributed by atoms with Crippen LogP contribution in [0.15, 0.2) is 72.0 Å². The lowest BCUT2D eigenvalue weighted by Crippen LogP contribution is -2.25. The first kappa shape index (κ1) is 19.4. The van der Waals surface area contributed by atoms with Crippen molar-refractivity contribution in [2.45, 2.75) is 31.1 Å². The van der Waals surface area contributed by atoms with Crippen LogP contribution in [0.5, 0.6) is 0 Å². The van der Waals surface area contributed by atoms with Crippen molar-refractivity contribution >= 4 is 10.1 Å². The molecule has 1 aliphatic heterocycles. The van der Waals surface area contributed by atoms with E-state index < -0.39 is 27.8 Å². The second-order valence-electron chi connectivity index (χ2n) is 6.09. The fraction of sp³-hybridized carbons (Fsp3) is 0.263. The van der Waals surface area contributed by atoms with Crippen LogP contribution in [0.2, 0.25) is 0 Å². The van der Waals surface area contributed by atoms with Gasteiger partial charge in [0.2, 0.25) is 0 Å². The largest absolute Gasteiger partial charge is 0.534 e. The SMILES string of the molecule is CC(OS(=O)(=O)C(F)(F)F)=C1C[C@@H](c2ccccc2)O[C@H]1c1ccccc1. The zero-order valence-electron chi connectivity index (χ0n) is 14.3. The third-order valence-corrected chi connectivity index (χ3v) is 5.30. The summed E-state index contributed by atoms with van der Waals surface area (Å²) in [5.41, 5.74) is -3.57. The molecule has 0 aromatic heterocycles. The van der Waals surface area contributed by atoms with Gasteiger partial charge in [-0.15, -0.1) is 0 Å². The van der Waals surface area contributed by atoms with E-state index in [9.17, 15) is 21.6 Å². The summed E-state index contributed by atoms with van der Waals surface area (Å²) in [4.78, 5) is 0. The number of hydrogen-bond acceptors (Lipinski definition) is 4. The normalized spacial score (nSPS) is 22.5. The highest BCUT2D eigenvalue weighted by Gasteiger charge is 2.49. The Morgan fingerprint density at radius 1 is 1.00 bits per heavy atom. The molecule has 0 unspecified atom stereocenters. The summed E-state index contributed by atoms with van der Waals surface area (Å²) >= 11 is 0. The van der Waals surface area contributed by atoms with Crippen molar-refractivity contribution < 1.29 is 30.5 Å². The summed E-state index contributed by atoms with van der Waals surface area (Å²) in [5, 5.41) is 0.